The molecule has 160 valence electrons. The van der Waals surface area contributed by atoms with Crippen molar-refractivity contribution >= 4 is 28.6 Å². The van der Waals surface area contributed by atoms with Gasteiger partial charge >= 0.3 is 0 Å². The molecule has 2 fully saturated rings. The van der Waals surface area contributed by atoms with E-state index in [0.29, 0.717) is 5.15 Å². The van der Waals surface area contributed by atoms with Crippen molar-refractivity contribution < 1.29 is 9.84 Å². The Morgan fingerprint density at radius 1 is 1.20 bits per heavy atom. The third-order valence-corrected chi connectivity index (χ3v) is 7.20. The van der Waals surface area contributed by atoms with Crippen molar-refractivity contribution in [3.05, 3.63) is 44.9 Å². The highest BCUT2D eigenvalue weighted by Gasteiger charge is 2.30. The lowest BCUT2D eigenvalue weighted by molar-refractivity contribution is 0.0346. The van der Waals surface area contributed by atoms with Crippen molar-refractivity contribution in [1.82, 2.24) is 9.88 Å². The van der Waals surface area contributed by atoms with E-state index in [1.807, 2.05) is 6.07 Å². The van der Waals surface area contributed by atoms with Crippen molar-refractivity contribution in [3.63, 3.8) is 0 Å². The molecule has 0 amide bonds. The zero-order valence-electron chi connectivity index (χ0n) is 17.4. The van der Waals surface area contributed by atoms with E-state index in [1.165, 1.54) is 4.88 Å². The van der Waals surface area contributed by atoms with E-state index < -0.39 is 0 Å². The monoisotopic (exact) mass is 445 g/mol. The smallest absolute Gasteiger partial charge is 0.131 e. The zero-order valence-corrected chi connectivity index (χ0v) is 18.9. The summed E-state index contributed by atoms with van der Waals surface area (Å²) in [6.45, 7) is 8.72. The number of morpholine rings is 1. The highest BCUT2D eigenvalue weighted by atomic mass is 35.5. The van der Waals surface area contributed by atoms with Gasteiger partial charge in [0.1, 0.15) is 5.15 Å². The molecule has 2 aromatic heterocycles. The van der Waals surface area contributed by atoms with Crippen molar-refractivity contribution in [2.24, 2.45) is 5.41 Å². The number of aliphatic hydroxyl groups excluding tert-OH is 1. The van der Waals surface area contributed by atoms with E-state index >= 15 is 0 Å². The van der Waals surface area contributed by atoms with Crippen LogP contribution in [0.5, 0.6) is 0 Å². The van der Waals surface area contributed by atoms with Crippen molar-refractivity contribution in [1.29, 1.82) is 0 Å². The van der Waals surface area contributed by atoms with Gasteiger partial charge in [-0.05, 0) is 30.4 Å². The number of rotatable bonds is 4. The number of hydrogen-bond donors (Lipinski definition) is 1. The van der Waals surface area contributed by atoms with Gasteiger partial charge in [-0.3, -0.25) is 4.90 Å². The molecular formula is C23H28ClN3O2S. The molecule has 0 radical (unpaired) electrons. The summed E-state index contributed by atoms with van der Waals surface area (Å²) >= 11 is 7.94. The van der Waals surface area contributed by atoms with Crippen LogP contribution in [0.4, 0.5) is 5.69 Å². The van der Waals surface area contributed by atoms with Crippen LogP contribution in [0.1, 0.15) is 35.1 Å². The third-order valence-electron chi connectivity index (χ3n) is 6.01. The number of aromatic nitrogens is 1. The van der Waals surface area contributed by atoms with Gasteiger partial charge in [0, 0.05) is 56.5 Å². The van der Waals surface area contributed by atoms with Crippen molar-refractivity contribution in [2.45, 2.75) is 26.3 Å². The fourth-order valence-corrected chi connectivity index (χ4v) is 4.92. The number of thiophene rings is 1. The Balaban J connectivity index is 1.47. The van der Waals surface area contributed by atoms with Crippen LogP contribution in [0.3, 0.4) is 0 Å². The van der Waals surface area contributed by atoms with Gasteiger partial charge in [0.25, 0.3) is 0 Å². The molecule has 0 atom stereocenters. The summed E-state index contributed by atoms with van der Waals surface area (Å²) < 4.78 is 5.43. The van der Waals surface area contributed by atoms with Gasteiger partial charge in [0.05, 0.1) is 29.3 Å². The molecule has 5 nitrogen and oxygen atoms in total. The van der Waals surface area contributed by atoms with Gasteiger partial charge in [0.2, 0.25) is 0 Å². The molecule has 0 saturated carbocycles. The lowest BCUT2D eigenvalue weighted by Crippen LogP contribution is -2.40. The average Bonchev–Trinajstić information content (AvgIpc) is 3.21. The van der Waals surface area contributed by atoms with Crippen LogP contribution in [-0.4, -0.2) is 61.0 Å². The van der Waals surface area contributed by atoms with E-state index in [1.54, 1.807) is 17.5 Å². The summed E-state index contributed by atoms with van der Waals surface area (Å²) in [6, 6.07) is 6.18. The minimum Gasteiger partial charge on any atom is -0.396 e. The van der Waals surface area contributed by atoms with Gasteiger partial charge in [-0.15, -0.1) is 11.3 Å². The lowest BCUT2D eigenvalue weighted by Gasteiger charge is -2.39. The van der Waals surface area contributed by atoms with Gasteiger partial charge in [-0.1, -0.05) is 30.4 Å². The molecule has 0 bridgehead atoms. The topological polar surface area (TPSA) is 48.8 Å². The fraction of sp³-hybridized carbons (Fsp3) is 0.522. The third kappa shape index (κ3) is 5.35. The van der Waals surface area contributed by atoms with Crippen LogP contribution in [-0.2, 0) is 11.3 Å². The summed E-state index contributed by atoms with van der Waals surface area (Å²) in [5.41, 5.74) is 1.94. The SMILES string of the molecule is CC1(CO)CCN(c2cc(Cl)ncc2C#Cc2ccc(CN3CCOCC3)s2)CC1. The maximum atomic E-state index is 9.64. The second kappa shape index (κ2) is 9.67. The first kappa shape index (κ1) is 21.6. The number of aliphatic hydroxyl groups is 1. The van der Waals surface area contributed by atoms with Crippen molar-refractivity contribution in [2.75, 3.05) is 50.9 Å². The summed E-state index contributed by atoms with van der Waals surface area (Å²) in [6.07, 6.45) is 3.67. The summed E-state index contributed by atoms with van der Waals surface area (Å²) in [5.74, 6) is 6.64. The number of nitrogens with zero attached hydrogens (tertiary/aromatic N) is 3. The molecule has 7 heteroatoms. The molecular weight excluding hydrogens is 418 g/mol. The molecule has 0 spiro atoms. The van der Waals surface area contributed by atoms with Crippen LogP contribution in [0.2, 0.25) is 5.15 Å². The van der Waals surface area contributed by atoms with Gasteiger partial charge in [-0.2, -0.15) is 0 Å². The molecule has 0 aliphatic carbocycles. The van der Waals surface area contributed by atoms with Crippen LogP contribution in [0.15, 0.2) is 24.4 Å². The minimum atomic E-state index is 0.00696. The number of piperidine rings is 1. The lowest BCUT2D eigenvalue weighted by atomic mass is 9.81. The molecule has 1 N–H and O–H groups in total. The first-order chi connectivity index (χ1) is 14.5. The van der Waals surface area contributed by atoms with Gasteiger partial charge < -0.3 is 14.7 Å². The quantitative estimate of drug-likeness (QED) is 0.575. The van der Waals surface area contributed by atoms with Gasteiger partial charge in [-0.25, -0.2) is 4.98 Å². The predicted octanol–water partition coefficient (Wildman–Crippen LogP) is 3.63. The Bertz CT molecular complexity index is 922. The normalized spacial score (nSPS) is 19.4. The summed E-state index contributed by atoms with van der Waals surface area (Å²) in [5, 5.41) is 10.1. The Morgan fingerprint density at radius 3 is 2.70 bits per heavy atom. The molecule has 2 aromatic rings. The number of pyridine rings is 1. The molecule has 0 aromatic carbocycles. The van der Waals surface area contributed by atoms with E-state index in [-0.39, 0.29) is 12.0 Å². The summed E-state index contributed by atoms with van der Waals surface area (Å²) in [7, 11) is 0. The Hall–Kier alpha value is -1.62. The Labute approximate surface area is 187 Å². The largest absolute Gasteiger partial charge is 0.396 e. The molecule has 2 saturated heterocycles. The zero-order chi connectivity index (χ0) is 21.0. The Morgan fingerprint density at radius 2 is 1.97 bits per heavy atom. The maximum absolute atomic E-state index is 9.64. The second-order valence-corrected chi connectivity index (χ2v) is 9.94. The number of ether oxygens (including phenoxy) is 1. The number of anilines is 1. The first-order valence-corrected chi connectivity index (χ1v) is 11.7. The second-order valence-electron chi connectivity index (χ2n) is 8.38. The van der Waals surface area contributed by atoms with E-state index in [4.69, 9.17) is 16.3 Å². The maximum Gasteiger partial charge on any atom is 0.131 e. The van der Waals surface area contributed by atoms with Gasteiger partial charge in [0.15, 0.2) is 0 Å². The molecule has 2 aliphatic heterocycles. The number of halogens is 1. The predicted molar refractivity (Wildman–Crippen MR) is 122 cm³/mol. The summed E-state index contributed by atoms with van der Waals surface area (Å²) in [4.78, 5) is 11.4. The van der Waals surface area contributed by atoms with E-state index in [2.05, 4.69) is 45.7 Å². The van der Waals surface area contributed by atoms with E-state index in [9.17, 15) is 5.11 Å². The Kier molecular flexibility index (Phi) is 6.97. The van der Waals surface area contributed by atoms with Crippen LogP contribution in [0.25, 0.3) is 0 Å². The molecule has 4 heterocycles. The van der Waals surface area contributed by atoms with Crippen LogP contribution in [0, 0.1) is 17.3 Å². The first-order valence-electron chi connectivity index (χ1n) is 10.5. The average molecular weight is 446 g/mol. The van der Waals surface area contributed by atoms with Crippen molar-refractivity contribution in [3.8, 4) is 11.8 Å². The van der Waals surface area contributed by atoms with E-state index in [0.717, 1.165) is 74.9 Å². The minimum absolute atomic E-state index is 0.00696. The highest BCUT2D eigenvalue weighted by Crippen LogP contribution is 2.34. The standard InChI is InChI=1S/C23H28ClN3O2S/c1-23(17-28)6-8-27(9-7-23)21-14-22(24)25-15-18(21)2-3-19-4-5-20(30-19)16-26-10-12-29-13-11-26/h4-5,14-15,28H,6-13,16-17H2,1H3. The molecule has 4 rings (SSSR count). The molecule has 0 unspecified atom stereocenters. The molecule has 30 heavy (non-hydrogen) atoms. The van der Waals surface area contributed by atoms with Crippen LogP contribution >= 0.6 is 22.9 Å². The van der Waals surface area contributed by atoms with Crippen LogP contribution < -0.4 is 4.90 Å². The fourth-order valence-electron chi connectivity index (χ4n) is 3.86. The molecule has 2 aliphatic rings. The number of hydrogen-bond acceptors (Lipinski definition) is 6. The highest BCUT2D eigenvalue weighted by molar-refractivity contribution is 7.12.